The lowest BCUT2D eigenvalue weighted by Crippen LogP contribution is -2.28. The number of ether oxygens (including phenoxy) is 1. The third-order valence-corrected chi connectivity index (χ3v) is 5.54. The van der Waals surface area contributed by atoms with Gasteiger partial charge in [0.2, 0.25) is 0 Å². The number of aryl methyl sites for hydroxylation is 2. The highest BCUT2D eigenvalue weighted by Gasteiger charge is 2.19. The van der Waals surface area contributed by atoms with Gasteiger partial charge in [-0.05, 0) is 19.1 Å². The summed E-state index contributed by atoms with van der Waals surface area (Å²) in [4.78, 5) is 27.5. The van der Waals surface area contributed by atoms with Crippen LogP contribution in [0.4, 0.5) is 5.69 Å². The van der Waals surface area contributed by atoms with Crippen LogP contribution in [0.3, 0.4) is 0 Å². The maximum absolute atomic E-state index is 12.1. The van der Waals surface area contributed by atoms with E-state index < -0.39 is 28.5 Å². The summed E-state index contributed by atoms with van der Waals surface area (Å²) in [6, 6.07) is 4.71. The molecule has 0 unspecified atom stereocenters. The van der Waals surface area contributed by atoms with Crippen LogP contribution >= 0.6 is 23.2 Å². The van der Waals surface area contributed by atoms with Gasteiger partial charge < -0.3 is 14.6 Å². The number of carbonyl (C=O) groups excluding carboxylic acids is 2. The molecule has 152 valence electrons. The van der Waals surface area contributed by atoms with Gasteiger partial charge in [0.25, 0.3) is 15.9 Å². The molecule has 1 amide bonds. The van der Waals surface area contributed by atoms with Gasteiger partial charge >= 0.3 is 5.97 Å². The zero-order chi connectivity index (χ0) is 20.9. The summed E-state index contributed by atoms with van der Waals surface area (Å²) in [6.45, 7) is 0.901. The van der Waals surface area contributed by atoms with E-state index >= 15 is 0 Å². The average Bonchev–Trinajstić information content (AvgIpc) is 2.96. The maximum Gasteiger partial charge on any atom is 0.307 e. The Morgan fingerprint density at radius 2 is 1.89 bits per heavy atom. The van der Waals surface area contributed by atoms with E-state index in [9.17, 15) is 18.0 Å². The second kappa shape index (κ2) is 9.37. The molecule has 2 N–H and O–H groups in total. The second-order valence-electron chi connectivity index (χ2n) is 5.69. The Morgan fingerprint density at radius 3 is 2.46 bits per heavy atom. The number of para-hydroxylation sites is 1. The molecule has 2 rings (SSSR count). The van der Waals surface area contributed by atoms with Gasteiger partial charge in [0.1, 0.15) is 5.82 Å². The van der Waals surface area contributed by atoms with Gasteiger partial charge in [-0.3, -0.25) is 9.59 Å². The molecule has 2 aromatic rings. The number of nitrogens with zero attached hydrogens (tertiary/aromatic N) is 2. The van der Waals surface area contributed by atoms with Crippen LogP contribution in [0, 0.1) is 6.92 Å². The molecule has 1 heterocycles. The van der Waals surface area contributed by atoms with Gasteiger partial charge in [0.05, 0.1) is 22.2 Å². The van der Waals surface area contributed by atoms with Crippen molar-refractivity contribution >= 4 is 50.8 Å². The van der Waals surface area contributed by atoms with Crippen molar-refractivity contribution in [3.63, 3.8) is 0 Å². The second-order valence-corrected chi connectivity index (χ2v) is 8.22. The number of rotatable bonds is 8. The minimum Gasteiger partial charge on any atom is -0.456 e. The van der Waals surface area contributed by atoms with Crippen LogP contribution in [-0.2, 0) is 31.4 Å². The normalized spacial score (nSPS) is 11.3. The van der Waals surface area contributed by atoms with Gasteiger partial charge in [0.15, 0.2) is 11.6 Å². The summed E-state index contributed by atoms with van der Waals surface area (Å²) in [5.74, 6) is -0.849. The van der Waals surface area contributed by atoms with E-state index in [1.165, 1.54) is 6.20 Å². The molecule has 0 atom stereocenters. The van der Waals surface area contributed by atoms with E-state index in [-0.39, 0.29) is 33.7 Å². The number of aromatic nitrogens is 2. The van der Waals surface area contributed by atoms with Crippen molar-refractivity contribution in [2.75, 3.05) is 18.5 Å². The van der Waals surface area contributed by atoms with Gasteiger partial charge in [-0.2, -0.15) is 0 Å². The third-order valence-electron chi connectivity index (χ3n) is 3.57. The largest absolute Gasteiger partial charge is 0.456 e. The Balaban J connectivity index is 1.77. The van der Waals surface area contributed by atoms with Crippen LogP contribution in [0.2, 0.25) is 10.0 Å². The Kier molecular flexibility index (Phi) is 7.41. The topological polar surface area (TPSA) is 119 Å². The molecule has 0 radical (unpaired) electrons. The lowest BCUT2D eigenvalue weighted by molar-refractivity contribution is -0.147. The van der Waals surface area contributed by atoms with Crippen molar-refractivity contribution < 1.29 is 22.7 Å². The molecule has 9 nitrogen and oxygen atoms in total. The average molecular weight is 449 g/mol. The quantitative estimate of drug-likeness (QED) is 0.594. The van der Waals surface area contributed by atoms with E-state index in [2.05, 4.69) is 15.0 Å². The molecule has 1 aromatic heterocycles. The molecule has 0 aliphatic heterocycles. The van der Waals surface area contributed by atoms with Crippen LogP contribution in [0.1, 0.15) is 12.2 Å². The lowest BCUT2D eigenvalue weighted by Gasteiger charge is -2.09. The lowest BCUT2D eigenvalue weighted by atomic mass is 10.3. The predicted octanol–water partition coefficient (Wildman–Crippen LogP) is 1.89. The zero-order valence-electron chi connectivity index (χ0n) is 15.0. The molecule has 1 aromatic carbocycles. The molecular weight excluding hydrogens is 431 g/mol. The van der Waals surface area contributed by atoms with Gasteiger partial charge in [-0.25, -0.2) is 18.1 Å². The number of sulfonamides is 1. The summed E-state index contributed by atoms with van der Waals surface area (Å²) in [7, 11) is -2.17. The SMILES string of the molecule is Cc1nc(S(=O)(=O)NCCC(=O)OCC(=O)Nc2c(Cl)cccc2Cl)cn1C. The summed E-state index contributed by atoms with van der Waals surface area (Å²) in [5.41, 5.74) is 0.213. The first kappa shape index (κ1) is 22.2. The molecule has 12 heteroatoms. The van der Waals surface area contributed by atoms with Crippen LogP contribution in [0.25, 0.3) is 0 Å². The minimum atomic E-state index is -3.84. The first-order valence-electron chi connectivity index (χ1n) is 7.99. The summed E-state index contributed by atoms with van der Waals surface area (Å²) < 4.78 is 32.8. The van der Waals surface area contributed by atoms with E-state index in [0.717, 1.165) is 0 Å². The smallest absolute Gasteiger partial charge is 0.307 e. The standard InChI is InChI=1S/C16H18Cl2N4O5S/c1-10-20-14(8-22(10)2)28(25,26)19-7-6-15(24)27-9-13(23)21-16-11(17)4-3-5-12(16)18/h3-5,8,19H,6-7,9H2,1-2H3,(H,21,23). The molecule has 0 bridgehead atoms. The summed E-state index contributed by atoms with van der Waals surface area (Å²) in [5, 5.41) is 2.78. The van der Waals surface area contributed by atoms with Crippen molar-refractivity contribution in [1.82, 2.24) is 14.3 Å². The van der Waals surface area contributed by atoms with Gasteiger partial charge in [-0.15, -0.1) is 0 Å². The van der Waals surface area contributed by atoms with Crippen molar-refractivity contribution in [2.45, 2.75) is 18.4 Å². The van der Waals surface area contributed by atoms with Gasteiger partial charge in [0, 0.05) is 19.8 Å². The molecule has 0 fully saturated rings. The van der Waals surface area contributed by atoms with E-state index in [1.807, 2.05) is 0 Å². The van der Waals surface area contributed by atoms with Crippen LogP contribution in [0.15, 0.2) is 29.4 Å². The number of hydrogen-bond acceptors (Lipinski definition) is 6. The Labute approximate surface area is 172 Å². The number of esters is 1. The minimum absolute atomic E-state index is 0.142. The highest BCUT2D eigenvalue weighted by molar-refractivity contribution is 7.89. The highest BCUT2D eigenvalue weighted by atomic mass is 35.5. The molecule has 0 saturated carbocycles. The third kappa shape index (κ3) is 5.93. The van der Waals surface area contributed by atoms with Crippen molar-refractivity contribution in [3.8, 4) is 0 Å². The van der Waals surface area contributed by atoms with Crippen molar-refractivity contribution in [3.05, 3.63) is 40.3 Å². The number of nitrogens with one attached hydrogen (secondary N) is 2. The first-order chi connectivity index (χ1) is 13.1. The fourth-order valence-electron chi connectivity index (χ4n) is 2.03. The van der Waals surface area contributed by atoms with Crippen molar-refractivity contribution in [2.24, 2.45) is 7.05 Å². The number of halogens is 2. The number of imidazole rings is 1. The highest BCUT2D eigenvalue weighted by Crippen LogP contribution is 2.29. The van der Waals surface area contributed by atoms with E-state index in [0.29, 0.717) is 5.82 Å². The maximum atomic E-state index is 12.1. The monoisotopic (exact) mass is 448 g/mol. The molecule has 0 spiro atoms. The number of benzene rings is 1. The fraction of sp³-hybridized carbons (Fsp3) is 0.312. The van der Waals surface area contributed by atoms with Gasteiger partial charge in [-0.1, -0.05) is 29.3 Å². The zero-order valence-corrected chi connectivity index (χ0v) is 17.4. The van der Waals surface area contributed by atoms with E-state index in [4.69, 9.17) is 27.9 Å². The molecule has 0 aliphatic carbocycles. The van der Waals surface area contributed by atoms with Crippen LogP contribution in [-0.4, -0.2) is 43.0 Å². The van der Waals surface area contributed by atoms with E-state index in [1.54, 1.807) is 36.7 Å². The Bertz CT molecular complexity index is 951. The first-order valence-corrected chi connectivity index (χ1v) is 10.2. The summed E-state index contributed by atoms with van der Waals surface area (Å²) >= 11 is 11.9. The van der Waals surface area contributed by atoms with Crippen molar-refractivity contribution in [1.29, 1.82) is 0 Å². The molecular formula is C16H18Cl2N4O5S. The Morgan fingerprint density at radius 1 is 1.25 bits per heavy atom. The summed E-state index contributed by atoms with van der Waals surface area (Å²) in [6.07, 6.45) is 1.10. The molecule has 0 saturated heterocycles. The number of amides is 1. The molecule has 0 aliphatic rings. The van der Waals surface area contributed by atoms with Crippen LogP contribution in [0.5, 0.6) is 0 Å². The molecule has 28 heavy (non-hydrogen) atoms. The van der Waals surface area contributed by atoms with Crippen LogP contribution < -0.4 is 10.0 Å². The Hall–Kier alpha value is -2.14. The fourth-order valence-corrected chi connectivity index (χ4v) is 3.59. The number of hydrogen-bond donors (Lipinski definition) is 2. The number of anilines is 1. The number of carbonyl (C=O) groups is 2. The predicted molar refractivity (Wildman–Crippen MR) is 104 cm³/mol.